The Labute approximate surface area is 89.3 Å². The molecular weight excluding hydrogens is 194 g/mol. The quantitative estimate of drug-likeness (QED) is 0.782. The van der Waals surface area contributed by atoms with Crippen LogP contribution in [0.3, 0.4) is 0 Å². The van der Waals surface area contributed by atoms with Crippen molar-refractivity contribution < 1.29 is 4.79 Å². The summed E-state index contributed by atoms with van der Waals surface area (Å²) in [6.07, 6.45) is 1.61. The number of hydrogen-bond acceptors (Lipinski definition) is 3. The number of rotatable bonds is 4. The molecule has 0 saturated carbocycles. The summed E-state index contributed by atoms with van der Waals surface area (Å²) < 4.78 is 1.61. The average Bonchev–Trinajstić information content (AvgIpc) is 2.63. The predicted octanol–water partition coefficient (Wildman–Crippen LogP) is 0.366. The number of nitrogens with one attached hydrogen (secondary N) is 1. The molecule has 0 aromatic carbocycles. The number of carbonyl (C=O) groups excluding carboxylic acids is 1. The van der Waals surface area contributed by atoms with Gasteiger partial charge in [-0.3, -0.25) is 4.68 Å². The zero-order chi connectivity index (χ0) is 11.3. The van der Waals surface area contributed by atoms with Crippen LogP contribution in [0.25, 0.3) is 0 Å². The third-order valence-electron chi connectivity index (χ3n) is 2.10. The largest absolute Gasteiger partial charge is 0.331 e. The lowest BCUT2D eigenvalue weighted by molar-refractivity contribution is 0.202. The second-order valence-electron chi connectivity index (χ2n) is 3.17. The first-order chi connectivity index (χ1) is 7.17. The second-order valence-corrected chi connectivity index (χ2v) is 3.17. The minimum atomic E-state index is -0.0764. The lowest BCUT2D eigenvalue weighted by Gasteiger charge is -2.18. The van der Waals surface area contributed by atoms with Gasteiger partial charge in [0, 0.05) is 20.1 Å². The van der Waals surface area contributed by atoms with Crippen LogP contribution in [0.5, 0.6) is 0 Å². The van der Waals surface area contributed by atoms with Crippen molar-refractivity contribution in [1.82, 2.24) is 25.0 Å². The molecule has 15 heavy (non-hydrogen) atoms. The van der Waals surface area contributed by atoms with Crippen molar-refractivity contribution in [2.24, 2.45) is 7.05 Å². The molecule has 1 N–H and O–H groups in total. The van der Waals surface area contributed by atoms with Gasteiger partial charge in [0.25, 0.3) is 0 Å². The fourth-order valence-corrected chi connectivity index (χ4v) is 1.24. The normalized spacial score (nSPS) is 10.1. The van der Waals surface area contributed by atoms with Crippen LogP contribution >= 0.6 is 0 Å². The Balaban J connectivity index is 2.40. The first kappa shape index (κ1) is 11.5. The fourth-order valence-electron chi connectivity index (χ4n) is 1.24. The molecule has 84 valence electrons. The minimum absolute atomic E-state index is 0.0764. The Morgan fingerprint density at radius 3 is 2.67 bits per heavy atom. The van der Waals surface area contributed by atoms with Crippen LogP contribution in [0.1, 0.15) is 19.7 Å². The summed E-state index contributed by atoms with van der Waals surface area (Å²) in [5.74, 6) is 0.623. The van der Waals surface area contributed by atoms with Crippen LogP contribution < -0.4 is 5.32 Å². The molecule has 0 aliphatic carbocycles. The number of aryl methyl sites for hydroxylation is 1. The highest BCUT2D eigenvalue weighted by Crippen LogP contribution is 1.91. The molecule has 0 bridgehead atoms. The van der Waals surface area contributed by atoms with E-state index in [1.54, 1.807) is 23.0 Å². The highest BCUT2D eigenvalue weighted by atomic mass is 16.2. The zero-order valence-electron chi connectivity index (χ0n) is 9.40. The lowest BCUT2D eigenvalue weighted by atomic mass is 10.5. The minimum Gasteiger partial charge on any atom is -0.331 e. The second kappa shape index (κ2) is 5.33. The molecule has 0 aliphatic heterocycles. The number of urea groups is 1. The standard InChI is InChI=1S/C9H17N5O/c1-4-14(5-2)9(15)10-6-8-11-7-13(3)12-8/h7H,4-6H2,1-3H3,(H,10,15). The van der Waals surface area contributed by atoms with Gasteiger partial charge >= 0.3 is 6.03 Å². The van der Waals surface area contributed by atoms with Crippen molar-refractivity contribution in [2.75, 3.05) is 13.1 Å². The third kappa shape index (κ3) is 3.23. The van der Waals surface area contributed by atoms with E-state index in [0.29, 0.717) is 25.5 Å². The smallest absolute Gasteiger partial charge is 0.317 e. The predicted molar refractivity (Wildman–Crippen MR) is 56.2 cm³/mol. The van der Waals surface area contributed by atoms with Gasteiger partial charge in [0.2, 0.25) is 0 Å². The van der Waals surface area contributed by atoms with Gasteiger partial charge in [-0.05, 0) is 13.8 Å². The maximum absolute atomic E-state index is 11.5. The maximum Gasteiger partial charge on any atom is 0.317 e. The van der Waals surface area contributed by atoms with E-state index in [9.17, 15) is 4.79 Å². The van der Waals surface area contributed by atoms with E-state index in [4.69, 9.17) is 0 Å². The molecule has 0 radical (unpaired) electrons. The Morgan fingerprint density at radius 1 is 1.53 bits per heavy atom. The van der Waals surface area contributed by atoms with Crippen LogP contribution in [-0.2, 0) is 13.6 Å². The highest BCUT2D eigenvalue weighted by molar-refractivity contribution is 5.73. The average molecular weight is 211 g/mol. The van der Waals surface area contributed by atoms with Crippen molar-refractivity contribution in [1.29, 1.82) is 0 Å². The van der Waals surface area contributed by atoms with Gasteiger partial charge in [-0.1, -0.05) is 0 Å². The Hall–Kier alpha value is -1.59. The number of carbonyl (C=O) groups is 1. The van der Waals surface area contributed by atoms with E-state index >= 15 is 0 Å². The molecule has 6 nitrogen and oxygen atoms in total. The van der Waals surface area contributed by atoms with E-state index in [2.05, 4.69) is 15.4 Å². The van der Waals surface area contributed by atoms with Gasteiger partial charge in [0.1, 0.15) is 6.33 Å². The third-order valence-corrected chi connectivity index (χ3v) is 2.10. The molecule has 6 heteroatoms. The Bertz CT molecular complexity index is 318. The Morgan fingerprint density at radius 2 is 2.20 bits per heavy atom. The van der Waals surface area contributed by atoms with E-state index in [-0.39, 0.29) is 6.03 Å². The van der Waals surface area contributed by atoms with Crippen LogP contribution in [0.4, 0.5) is 4.79 Å². The van der Waals surface area contributed by atoms with Crippen molar-refractivity contribution in [3.05, 3.63) is 12.2 Å². The monoisotopic (exact) mass is 211 g/mol. The summed E-state index contributed by atoms with van der Waals surface area (Å²) in [7, 11) is 1.79. The first-order valence-electron chi connectivity index (χ1n) is 5.04. The van der Waals surface area contributed by atoms with E-state index in [1.165, 1.54) is 0 Å². The molecule has 1 heterocycles. The van der Waals surface area contributed by atoms with Gasteiger partial charge < -0.3 is 10.2 Å². The first-order valence-corrected chi connectivity index (χ1v) is 5.04. The number of nitrogens with zero attached hydrogens (tertiary/aromatic N) is 4. The molecule has 1 aromatic heterocycles. The van der Waals surface area contributed by atoms with Crippen LogP contribution in [0.15, 0.2) is 6.33 Å². The molecule has 2 amide bonds. The van der Waals surface area contributed by atoms with Crippen LogP contribution in [0.2, 0.25) is 0 Å². The maximum atomic E-state index is 11.5. The Kier molecular flexibility index (Phi) is 4.08. The molecule has 1 aromatic rings. The summed E-state index contributed by atoms with van der Waals surface area (Å²) in [6.45, 7) is 5.68. The number of hydrogen-bond donors (Lipinski definition) is 1. The molecule has 0 atom stereocenters. The van der Waals surface area contributed by atoms with E-state index in [1.807, 2.05) is 13.8 Å². The molecule has 1 rings (SSSR count). The number of aromatic nitrogens is 3. The van der Waals surface area contributed by atoms with E-state index in [0.717, 1.165) is 0 Å². The topological polar surface area (TPSA) is 63.1 Å². The summed E-state index contributed by atoms with van der Waals surface area (Å²) >= 11 is 0. The zero-order valence-corrected chi connectivity index (χ0v) is 9.40. The molecule has 0 fully saturated rings. The van der Waals surface area contributed by atoms with Gasteiger partial charge in [-0.15, -0.1) is 0 Å². The van der Waals surface area contributed by atoms with Crippen molar-refractivity contribution >= 4 is 6.03 Å². The summed E-state index contributed by atoms with van der Waals surface area (Å²) in [6, 6.07) is -0.0764. The molecule has 0 unspecified atom stereocenters. The van der Waals surface area contributed by atoms with Gasteiger partial charge in [0.05, 0.1) is 6.54 Å². The summed E-state index contributed by atoms with van der Waals surface area (Å²) in [5.41, 5.74) is 0. The van der Waals surface area contributed by atoms with Crippen LogP contribution in [0, 0.1) is 0 Å². The SMILES string of the molecule is CCN(CC)C(=O)NCc1ncn(C)n1. The van der Waals surface area contributed by atoms with Crippen molar-refractivity contribution in [3.63, 3.8) is 0 Å². The van der Waals surface area contributed by atoms with Crippen molar-refractivity contribution in [2.45, 2.75) is 20.4 Å². The van der Waals surface area contributed by atoms with Gasteiger partial charge in [-0.2, -0.15) is 5.10 Å². The van der Waals surface area contributed by atoms with Gasteiger partial charge in [0.15, 0.2) is 5.82 Å². The molecule has 0 saturated heterocycles. The van der Waals surface area contributed by atoms with Crippen molar-refractivity contribution in [3.8, 4) is 0 Å². The molecule has 0 spiro atoms. The van der Waals surface area contributed by atoms with Gasteiger partial charge in [-0.25, -0.2) is 9.78 Å². The summed E-state index contributed by atoms with van der Waals surface area (Å²) in [5, 5.41) is 6.83. The molecular formula is C9H17N5O. The molecule has 0 aliphatic rings. The van der Waals surface area contributed by atoms with E-state index < -0.39 is 0 Å². The van der Waals surface area contributed by atoms with Crippen LogP contribution in [-0.4, -0.2) is 38.8 Å². The fraction of sp³-hybridized carbons (Fsp3) is 0.667. The highest BCUT2D eigenvalue weighted by Gasteiger charge is 2.09. The lowest BCUT2D eigenvalue weighted by Crippen LogP contribution is -2.39. The summed E-state index contributed by atoms with van der Waals surface area (Å²) in [4.78, 5) is 17.3. The number of amides is 2.